The molecule has 3 atom stereocenters. The maximum atomic E-state index is 13.9. The number of piperidine rings is 1. The van der Waals surface area contributed by atoms with Gasteiger partial charge in [0.25, 0.3) is 0 Å². The van der Waals surface area contributed by atoms with Gasteiger partial charge in [0.15, 0.2) is 5.65 Å². The molecule has 0 bridgehead atoms. The Morgan fingerprint density at radius 1 is 1.22 bits per heavy atom. The zero-order valence-corrected chi connectivity index (χ0v) is 23.4. The van der Waals surface area contributed by atoms with Crippen molar-refractivity contribution >= 4 is 43.3 Å². The molecule has 0 saturated carbocycles. The number of nitrogens with zero attached hydrogens (tertiary/aromatic N) is 5. The molecule has 2 aliphatic heterocycles. The van der Waals surface area contributed by atoms with Crippen molar-refractivity contribution in [2.45, 2.75) is 50.7 Å². The summed E-state index contributed by atoms with van der Waals surface area (Å²) in [6.45, 7) is 4.19. The van der Waals surface area contributed by atoms with Gasteiger partial charge >= 0.3 is 0 Å². The number of benzene rings is 1. The molecule has 5 rings (SSSR count). The molecule has 1 unspecified atom stereocenters. The van der Waals surface area contributed by atoms with Gasteiger partial charge in [-0.2, -0.15) is 9.82 Å². The number of fused-ring (bicyclic) bond motifs is 1. The van der Waals surface area contributed by atoms with Crippen LogP contribution in [0.15, 0.2) is 41.0 Å². The van der Waals surface area contributed by atoms with Gasteiger partial charge in [-0.15, -0.1) is 0 Å². The van der Waals surface area contributed by atoms with Crippen LogP contribution in [0.2, 0.25) is 0 Å². The van der Waals surface area contributed by atoms with Crippen molar-refractivity contribution in [3.8, 4) is 0 Å². The van der Waals surface area contributed by atoms with Gasteiger partial charge in [0, 0.05) is 48.0 Å². The van der Waals surface area contributed by atoms with Crippen molar-refractivity contribution in [3.63, 3.8) is 0 Å². The number of carbonyl (C=O) groups excluding carboxylic acids is 1. The number of carbonyl (C=O) groups is 1. The Kier molecular flexibility index (Phi) is 7.27. The van der Waals surface area contributed by atoms with E-state index in [0.29, 0.717) is 22.2 Å². The molecule has 2 aromatic heterocycles. The Bertz CT molecular complexity index is 1430. The van der Waals surface area contributed by atoms with Crippen molar-refractivity contribution in [2.75, 3.05) is 30.8 Å². The normalized spacial score (nSPS) is 21.5. The van der Waals surface area contributed by atoms with Gasteiger partial charge in [-0.25, -0.2) is 17.9 Å². The van der Waals surface area contributed by atoms with Crippen LogP contribution in [0.1, 0.15) is 54.6 Å². The van der Waals surface area contributed by atoms with Gasteiger partial charge < -0.3 is 15.5 Å². The minimum atomic E-state index is -3.66. The highest BCUT2D eigenvalue weighted by Gasteiger charge is 2.36. The van der Waals surface area contributed by atoms with Crippen molar-refractivity contribution in [2.24, 2.45) is 5.73 Å². The van der Waals surface area contributed by atoms with Crippen molar-refractivity contribution < 1.29 is 13.2 Å². The molecule has 0 spiro atoms. The van der Waals surface area contributed by atoms with Gasteiger partial charge in [-0.1, -0.05) is 34.1 Å². The molecule has 3 aromatic rings. The number of amides is 1. The Balaban J connectivity index is 1.49. The van der Waals surface area contributed by atoms with E-state index in [1.54, 1.807) is 27.6 Å². The molecule has 4 heterocycles. The third-order valence-electron chi connectivity index (χ3n) is 7.07. The third-order valence-corrected chi connectivity index (χ3v) is 8.46. The lowest BCUT2D eigenvalue weighted by atomic mass is 9.97. The van der Waals surface area contributed by atoms with Crippen LogP contribution in [0, 0.1) is 6.92 Å². The molecule has 1 aromatic carbocycles. The van der Waals surface area contributed by atoms with Gasteiger partial charge in [-0.05, 0) is 44.2 Å². The summed E-state index contributed by atoms with van der Waals surface area (Å²) in [6, 6.07) is 7.94. The molecule has 3 N–H and O–H groups in total. The van der Waals surface area contributed by atoms with E-state index >= 15 is 0 Å². The first-order valence-electron chi connectivity index (χ1n) is 12.5. The lowest BCUT2D eigenvalue weighted by Crippen LogP contribution is -2.46. The first kappa shape index (κ1) is 26.1. The van der Waals surface area contributed by atoms with Gasteiger partial charge in [0.05, 0.1) is 18.0 Å². The highest BCUT2D eigenvalue weighted by molar-refractivity contribution is 9.10. The molecule has 2 saturated heterocycles. The Morgan fingerprint density at radius 2 is 2.00 bits per heavy atom. The van der Waals surface area contributed by atoms with Gasteiger partial charge in [0.2, 0.25) is 15.9 Å². The molecule has 37 heavy (non-hydrogen) atoms. The number of sulfonamides is 1. The zero-order valence-electron chi connectivity index (χ0n) is 21.0. The third kappa shape index (κ3) is 5.52. The smallest absolute Gasteiger partial charge is 0.245 e. The van der Waals surface area contributed by atoms with Crippen LogP contribution >= 0.6 is 15.9 Å². The number of halogens is 1. The number of rotatable bonds is 6. The molecule has 10 nitrogen and oxygen atoms in total. The fourth-order valence-corrected chi connectivity index (χ4v) is 6.49. The quantitative estimate of drug-likeness (QED) is 0.452. The first-order valence-corrected chi connectivity index (χ1v) is 15.2. The summed E-state index contributed by atoms with van der Waals surface area (Å²) < 4.78 is 29.5. The number of aryl methyl sites for hydroxylation is 1. The number of nitrogens with one attached hydrogen (secondary N) is 1. The average Bonchev–Trinajstić information content (AvgIpc) is 3.47. The first-order chi connectivity index (χ1) is 17.6. The zero-order chi connectivity index (χ0) is 26.3. The summed E-state index contributed by atoms with van der Waals surface area (Å²) in [6.07, 6.45) is 6.51. The van der Waals surface area contributed by atoms with Crippen LogP contribution in [0.5, 0.6) is 0 Å². The summed E-state index contributed by atoms with van der Waals surface area (Å²) in [5.41, 5.74) is 9.16. The fourth-order valence-electron chi connectivity index (χ4n) is 5.32. The number of likely N-dealkylation sites (tertiary alicyclic amines) is 1. The molecular formula is C25H32BrN7O3S. The lowest BCUT2D eigenvalue weighted by Gasteiger charge is -2.37. The summed E-state index contributed by atoms with van der Waals surface area (Å²) in [7, 11) is -3.66. The lowest BCUT2D eigenvalue weighted by molar-refractivity contribution is -0.137. The number of aromatic nitrogens is 3. The second-order valence-electron chi connectivity index (χ2n) is 10.0. The van der Waals surface area contributed by atoms with Crippen LogP contribution in [-0.2, 0) is 14.8 Å². The summed E-state index contributed by atoms with van der Waals surface area (Å²) in [5, 5.41) is 4.81. The standard InChI is InChI=1S/C25H32BrN7O3S/c1-16-14-33-22(28-24(16)31-12-10-17(27)15-31)13-20(29-33)21-9-5-6-11-32(21)25(34)23(30-37(2,35)36)18-7-3-4-8-19(18)26/h3-4,7-8,13-14,17,21,23,30H,5-6,9-12,15,27H2,1-2H3/t17-,21-,23?/m0/s1. The van der Waals surface area contributed by atoms with Crippen molar-refractivity contribution in [1.82, 2.24) is 24.2 Å². The van der Waals surface area contributed by atoms with Crippen LogP contribution in [0.4, 0.5) is 5.82 Å². The molecule has 1 amide bonds. The van der Waals surface area contributed by atoms with E-state index in [1.165, 1.54) is 0 Å². The Labute approximate surface area is 225 Å². The molecule has 2 aliphatic rings. The molecule has 2 fully saturated rings. The van der Waals surface area contributed by atoms with E-state index < -0.39 is 16.1 Å². The minimum absolute atomic E-state index is 0.151. The molecular weight excluding hydrogens is 558 g/mol. The monoisotopic (exact) mass is 589 g/mol. The predicted octanol–water partition coefficient (Wildman–Crippen LogP) is 2.68. The van der Waals surface area contributed by atoms with E-state index in [0.717, 1.165) is 62.1 Å². The fraction of sp³-hybridized carbons (Fsp3) is 0.480. The number of anilines is 1. The molecule has 0 aliphatic carbocycles. The highest BCUT2D eigenvalue weighted by atomic mass is 79.9. The van der Waals surface area contributed by atoms with Crippen LogP contribution in [-0.4, -0.2) is 65.8 Å². The van der Waals surface area contributed by atoms with Crippen molar-refractivity contribution in [1.29, 1.82) is 0 Å². The van der Waals surface area contributed by atoms with E-state index in [9.17, 15) is 13.2 Å². The average molecular weight is 591 g/mol. The van der Waals surface area contributed by atoms with Crippen LogP contribution in [0.25, 0.3) is 5.65 Å². The largest absolute Gasteiger partial charge is 0.355 e. The summed E-state index contributed by atoms with van der Waals surface area (Å²) in [4.78, 5) is 22.8. The number of hydrogen-bond acceptors (Lipinski definition) is 7. The SMILES string of the molecule is Cc1cn2nc([C@@H]3CCCCN3C(=O)C(NS(C)(=O)=O)c3ccccc3Br)cc2nc1N1CC[C@H](N)C1. The van der Waals surface area contributed by atoms with Gasteiger partial charge in [0.1, 0.15) is 11.9 Å². The second-order valence-corrected chi connectivity index (χ2v) is 12.6. The molecule has 0 radical (unpaired) electrons. The van der Waals surface area contributed by atoms with Crippen molar-refractivity contribution in [3.05, 3.63) is 57.8 Å². The Morgan fingerprint density at radius 3 is 2.70 bits per heavy atom. The van der Waals surface area contributed by atoms with E-state index in [2.05, 4.69) is 25.6 Å². The molecule has 198 valence electrons. The van der Waals surface area contributed by atoms with E-state index in [1.807, 2.05) is 25.3 Å². The highest BCUT2D eigenvalue weighted by Crippen LogP contribution is 2.35. The Hall–Kier alpha value is -2.54. The minimum Gasteiger partial charge on any atom is -0.355 e. The predicted molar refractivity (Wildman–Crippen MR) is 146 cm³/mol. The van der Waals surface area contributed by atoms with Crippen LogP contribution < -0.4 is 15.4 Å². The number of nitrogens with two attached hydrogens (primary N) is 1. The summed E-state index contributed by atoms with van der Waals surface area (Å²) >= 11 is 3.48. The molecule has 12 heteroatoms. The maximum Gasteiger partial charge on any atom is 0.245 e. The van der Waals surface area contributed by atoms with E-state index in [-0.39, 0.29) is 18.0 Å². The topological polar surface area (TPSA) is 126 Å². The summed E-state index contributed by atoms with van der Waals surface area (Å²) in [5.74, 6) is 0.616. The van der Waals surface area contributed by atoms with Gasteiger partial charge in [-0.3, -0.25) is 4.79 Å². The van der Waals surface area contributed by atoms with E-state index in [4.69, 9.17) is 15.8 Å². The number of hydrogen-bond donors (Lipinski definition) is 2. The van der Waals surface area contributed by atoms with Crippen LogP contribution in [0.3, 0.4) is 0 Å². The maximum absolute atomic E-state index is 13.9. The second kappa shape index (κ2) is 10.3.